The van der Waals surface area contributed by atoms with Gasteiger partial charge in [0.05, 0.1) is 5.60 Å². The Labute approximate surface area is 86.0 Å². The van der Waals surface area contributed by atoms with Crippen molar-refractivity contribution in [1.29, 1.82) is 0 Å². The Kier molecular flexibility index (Phi) is 3.53. The van der Waals surface area contributed by atoms with Gasteiger partial charge in [0.1, 0.15) is 0 Å². The first-order chi connectivity index (χ1) is 6.47. The van der Waals surface area contributed by atoms with Gasteiger partial charge in [0.25, 0.3) is 0 Å². The van der Waals surface area contributed by atoms with Gasteiger partial charge in [-0.05, 0) is 39.3 Å². The van der Waals surface area contributed by atoms with Crippen LogP contribution < -0.4 is 5.32 Å². The van der Waals surface area contributed by atoms with Crippen LogP contribution in [0.25, 0.3) is 0 Å². The number of aliphatic hydroxyl groups is 1. The van der Waals surface area contributed by atoms with E-state index in [0.717, 1.165) is 12.1 Å². The molecule has 1 rings (SSSR count). The number of rotatable bonds is 4. The normalized spacial score (nSPS) is 13.7. The monoisotopic (exact) mass is 193 g/mol. The second-order valence-electron chi connectivity index (χ2n) is 4.43. The molecule has 1 unspecified atom stereocenters. The molecular weight excluding hydrogens is 174 g/mol. The van der Waals surface area contributed by atoms with Gasteiger partial charge in [0.2, 0.25) is 0 Å². The Morgan fingerprint density at radius 2 is 1.86 bits per heavy atom. The number of anilines is 1. The summed E-state index contributed by atoms with van der Waals surface area (Å²) in [6.45, 7) is 5.73. The van der Waals surface area contributed by atoms with Crippen molar-refractivity contribution in [2.24, 2.45) is 0 Å². The van der Waals surface area contributed by atoms with E-state index in [1.165, 1.54) is 0 Å². The summed E-state index contributed by atoms with van der Waals surface area (Å²) in [7, 11) is 0. The highest BCUT2D eigenvalue weighted by molar-refractivity contribution is 5.43. The maximum atomic E-state index is 9.63. The van der Waals surface area contributed by atoms with Gasteiger partial charge < -0.3 is 10.4 Å². The first-order valence-corrected chi connectivity index (χ1v) is 5.01. The first kappa shape index (κ1) is 11.1. The largest absolute Gasteiger partial charge is 0.390 e. The van der Waals surface area contributed by atoms with Crippen LogP contribution in [-0.4, -0.2) is 16.7 Å². The van der Waals surface area contributed by atoms with Gasteiger partial charge in [-0.15, -0.1) is 0 Å². The third-order valence-electron chi connectivity index (χ3n) is 1.99. The number of nitrogens with one attached hydrogen (secondary N) is 1. The highest BCUT2D eigenvalue weighted by Gasteiger charge is 2.16. The molecule has 0 aliphatic rings. The Morgan fingerprint density at radius 1 is 1.29 bits per heavy atom. The predicted molar refractivity (Wildman–Crippen MR) is 60.4 cm³/mol. The van der Waals surface area contributed by atoms with Crippen molar-refractivity contribution < 1.29 is 5.11 Å². The summed E-state index contributed by atoms with van der Waals surface area (Å²) in [4.78, 5) is 0. The lowest BCUT2D eigenvalue weighted by Gasteiger charge is -2.23. The quantitative estimate of drug-likeness (QED) is 0.770. The molecule has 0 heterocycles. The Balaban J connectivity index is 2.46. The molecule has 1 atom stereocenters. The lowest BCUT2D eigenvalue weighted by molar-refractivity contribution is 0.0673. The van der Waals surface area contributed by atoms with Crippen LogP contribution in [0.3, 0.4) is 0 Å². The number of benzene rings is 1. The van der Waals surface area contributed by atoms with Crippen LogP contribution in [0, 0.1) is 0 Å². The standard InChI is InChI=1S/C12H19NO/c1-10(9-12(2,3)14)13-11-7-5-4-6-8-11/h4-8,10,13-14H,9H2,1-3H3. The lowest BCUT2D eigenvalue weighted by Crippen LogP contribution is -2.29. The minimum Gasteiger partial charge on any atom is -0.390 e. The summed E-state index contributed by atoms with van der Waals surface area (Å²) >= 11 is 0. The lowest BCUT2D eigenvalue weighted by atomic mass is 10.0. The third kappa shape index (κ3) is 4.28. The molecule has 78 valence electrons. The molecule has 0 saturated carbocycles. The molecule has 0 fully saturated rings. The molecule has 0 aliphatic carbocycles. The van der Waals surface area contributed by atoms with Gasteiger partial charge in [-0.3, -0.25) is 0 Å². The topological polar surface area (TPSA) is 32.3 Å². The number of hydrogen-bond acceptors (Lipinski definition) is 2. The summed E-state index contributed by atoms with van der Waals surface area (Å²) in [5.41, 5.74) is 0.491. The summed E-state index contributed by atoms with van der Waals surface area (Å²) in [5, 5.41) is 13.0. The molecular formula is C12H19NO. The van der Waals surface area contributed by atoms with E-state index in [9.17, 15) is 5.11 Å². The van der Waals surface area contributed by atoms with Crippen LogP contribution in [0.5, 0.6) is 0 Å². The zero-order valence-electron chi connectivity index (χ0n) is 9.12. The Bertz CT molecular complexity index is 263. The van der Waals surface area contributed by atoms with Gasteiger partial charge in [0.15, 0.2) is 0 Å². The van der Waals surface area contributed by atoms with Crippen LogP contribution in [0.4, 0.5) is 5.69 Å². The molecule has 0 amide bonds. The van der Waals surface area contributed by atoms with Crippen molar-refractivity contribution in [3.63, 3.8) is 0 Å². The fourth-order valence-electron chi connectivity index (χ4n) is 1.62. The molecule has 0 bridgehead atoms. The molecule has 0 aliphatic heterocycles. The molecule has 1 aromatic carbocycles. The molecule has 2 nitrogen and oxygen atoms in total. The van der Waals surface area contributed by atoms with E-state index in [1.54, 1.807) is 0 Å². The van der Waals surface area contributed by atoms with Crippen molar-refractivity contribution in [2.45, 2.75) is 38.8 Å². The third-order valence-corrected chi connectivity index (χ3v) is 1.99. The summed E-state index contributed by atoms with van der Waals surface area (Å²) in [6, 6.07) is 10.3. The van der Waals surface area contributed by atoms with Gasteiger partial charge in [-0.25, -0.2) is 0 Å². The molecule has 2 heteroatoms. The van der Waals surface area contributed by atoms with Crippen LogP contribution in [0.1, 0.15) is 27.2 Å². The minimum absolute atomic E-state index is 0.275. The van der Waals surface area contributed by atoms with E-state index in [1.807, 2.05) is 44.2 Å². The van der Waals surface area contributed by atoms with Crippen LogP contribution in [-0.2, 0) is 0 Å². The molecule has 14 heavy (non-hydrogen) atoms. The SMILES string of the molecule is CC(CC(C)(C)O)Nc1ccccc1. The fraction of sp³-hybridized carbons (Fsp3) is 0.500. The predicted octanol–water partition coefficient (Wildman–Crippen LogP) is 2.65. The first-order valence-electron chi connectivity index (χ1n) is 5.01. The van der Waals surface area contributed by atoms with Crippen LogP contribution in [0.15, 0.2) is 30.3 Å². The van der Waals surface area contributed by atoms with E-state index in [2.05, 4.69) is 12.2 Å². The Morgan fingerprint density at radius 3 is 2.36 bits per heavy atom. The molecule has 0 saturated heterocycles. The average Bonchev–Trinajstić information content (AvgIpc) is 2.02. The molecule has 2 N–H and O–H groups in total. The van der Waals surface area contributed by atoms with Gasteiger partial charge in [0, 0.05) is 11.7 Å². The van der Waals surface area contributed by atoms with Crippen molar-refractivity contribution in [3.8, 4) is 0 Å². The molecule has 0 radical (unpaired) electrons. The summed E-state index contributed by atoms with van der Waals surface area (Å²) in [5.74, 6) is 0. The Hall–Kier alpha value is -1.02. The van der Waals surface area contributed by atoms with Crippen molar-refractivity contribution in [2.75, 3.05) is 5.32 Å². The zero-order valence-corrected chi connectivity index (χ0v) is 9.12. The van der Waals surface area contributed by atoms with Gasteiger partial charge in [-0.1, -0.05) is 18.2 Å². The minimum atomic E-state index is -0.610. The van der Waals surface area contributed by atoms with E-state index in [-0.39, 0.29) is 6.04 Å². The number of para-hydroxylation sites is 1. The van der Waals surface area contributed by atoms with E-state index in [4.69, 9.17) is 0 Å². The highest BCUT2D eigenvalue weighted by atomic mass is 16.3. The highest BCUT2D eigenvalue weighted by Crippen LogP contribution is 2.14. The maximum absolute atomic E-state index is 9.63. The van der Waals surface area contributed by atoms with Gasteiger partial charge in [-0.2, -0.15) is 0 Å². The fourth-order valence-corrected chi connectivity index (χ4v) is 1.62. The van der Waals surface area contributed by atoms with Crippen LogP contribution >= 0.6 is 0 Å². The smallest absolute Gasteiger partial charge is 0.0611 e. The van der Waals surface area contributed by atoms with E-state index in [0.29, 0.717) is 0 Å². The molecule has 0 spiro atoms. The van der Waals surface area contributed by atoms with E-state index >= 15 is 0 Å². The zero-order chi connectivity index (χ0) is 10.6. The molecule has 1 aromatic rings. The van der Waals surface area contributed by atoms with Crippen LogP contribution in [0.2, 0.25) is 0 Å². The van der Waals surface area contributed by atoms with Crippen molar-refractivity contribution in [1.82, 2.24) is 0 Å². The van der Waals surface area contributed by atoms with Crippen molar-refractivity contribution in [3.05, 3.63) is 30.3 Å². The second-order valence-corrected chi connectivity index (χ2v) is 4.43. The van der Waals surface area contributed by atoms with Gasteiger partial charge >= 0.3 is 0 Å². The number of hydrogen-bond donors (Lipinski definition) is 2. The maximum Gasteiger partial charge on any atom is 0.0611 e. The summed E-state index contributed by atoms with van der Waals surface area (Å²) < 4.78 is 0. The van der Waals surface area contributed by atoms with E-state index < -0.39 is 5.60 Å². The summed E-state index contributed by atoms with van der Waals surface area (Å²) in [6.07, 6.45) is 0.738. The second kappa shape index (κ2) is 4.47. The average molecular weight is 193 g/mol. The molecule has 0 aromatic heterocycles. The van der Waals surface area contributed by atoms with Crippen molar-refractivity contribution >= 4 is 5.69 Å².